The van der Waals surface area contributed by atoms with Gasteiger partial charge < -0.3 is 0 Å². The standard InChI is InChI=1S/C4H4F4O/c1-2(5)3(9)4(6,7)8/h2H,1H3. The van der Waals surface area contributed by atoms with Gasteiger partial charge in [0.2, 0.25) is 0 Å². The maximum absolute atomic E-state index is 11.5. The Bertz CT molecular complexity index is 114. The van der Waals surface area contributed by atoms with Crippen molar-refractivity contribution < 1.29 is 22.4 Å². The van der Waals surface area contributed by atoms with E-state index in [0.29, 0.717) is 6.92 Å². The predicted octanol–water partition coefficient (Wildman–Crippen LogP) is 1.48. The molecule has 1 nitrogen and oxygen atoms in total. The molecule has 0 aliphatic carbocycles. The molecule has 0 aliphatic rings. The molecule has 54 valence electrons. The zero-order valence-electron chi connectivity index (χ0n) is 4.50. The first-order chi connectivity index (χ1) is 3.85. The zero-order chi connectivity index (χ0) is 7.65. The molecule has 0 fully saturated rings. The van der Waals surface area contributed by atoms with E-state index in [9.17, 15) is 22.4 Å². The molecule has 0 heterocycles. The predicted molar refractivity (Wildman–Crippen MR) is 21.6 cm³/mol. The number of hydrogen-bond acceptors (Lipinski definition) is 1. The van der Waals surface area contributed by atoms with Gasteiger partial charge in [-0.25, -0.2) is 4.39 Å². The van der Waals surface area contributed by atoms with E-state index in [1.165, 1.54) is 0 Å². The first kappa shape index (κ1) is 8.39. The van der Waals surface area contributed by atoms with Crippen molar-refractivity contribution in [2.45, 2.75) is 19.3 Å². The second-order valence-electron chi connectivity index (χ2n) is 1.48. The third-order valence-corrected chi connectivity index (χ3v) is 0.641. The lowest BCUT2D eigenvalue weighted by Gasteiger charge is -2.03. The van der Waals surface area contributed by atoms with E-state index >= 15 is 0 Å². The number of halogens is 4. The average Bonchev–Trinajstić information content (AvgIpc) is 1.62. The van der Waals surface area contributed by atoms with Crippen LogP contribution in [0.5, 0.6) is 0 Å². The second-order valence-corrected chi connectivity index (χ2v) is 1.48. The van der Waals surface area contributed by atoms with E-state index in [2.05, 4.69) is 0 Å². The van der Waals surface area contributed by atoms with E-state index in [1.54, 1.807) is 0 Å². The van der Waals surface area contributed by atoms with Gasteiger partial charge in [0.1, 0.15) is 0 Å². The summed E-state index contributed by atoms with van der Waals surface area (Å²) < 4.78 is 44.9. The largest absolute Gasteiger partial charge is 0.453 e. The molecular formula is C4H4F4O. The van der Waals surface area contributed by atoms with Gasteiger partial charge in [0, 0.05) is 0 Å². The molecule has 5 heteroatoms. The van der Waals surface area contributed by atoms with Crippen LogP contribution in [0.3, 0.4) is 0 Å². The summed E-state index contributed by atoms with van der Waals surface area (Å²) >= 11 is 0. The van der Waals surface area contributed by atoms with Crippen molar-refractivity contribution >= 4 is 5.78 Å². The van der Waals surface area contributed by atoms with Gasteiger partial charge in [0.05, 0.1) is 0 Å². The fourth-order valence-corrected chi connectivity index (χ4v) is 0.226. The van der Waals surface area contributed by atoms with Crippen molar-refractivity contribution in [1.29, 1.82) is 0 Å². The summed E-state index contributed by atoms with van der Waals surface area (Å²) in [5.41, 5.74) is 0. The fraction of sp³-hybridized carbons (Fsp3) is 0.750. The van der Waals surface area contributed by atoms with Gasteiger partial charge in [-0.2, -0.15) is 13.2 Å². The third-order valence-electron chi connectivity index (χ3n) is 0.641. The topological polar surface area (TPSA) is 17.1 Å². The van der Waals surface area contributed by atoms with Crippen LogP contribution in [0.15, 0.2) is 0 Å². The van der Waals surface area contributed by atoms with Crippen molar-refractivity contribution in [3.8, 4) is 0 Å². The fourth-order valence-electron chi connectivity index (χ4n) is 0.226. The third kappa shape index (κ3) is 2.43. The quantitative estimate of drug-likeness (QED) is 0.509. The number of alkyl halides is 4. The summed E-state index contributed by atoms with van der Waals surface area (Å²) in [6.45, 7) is 0.551. The maximum atomic E-state index is 11.5. The Kier molecular flexibility index (Phi) is 2.17. The van der Waals surface area contributed by atoms with Crippen LogP contribution in [0.25, 0.3) is 0 Å². The van der Waals surface area contributed by atoms with Gasteiger partial charge in [-0.1, -0.05) is 0 Å². The lowest BCUT2D eigenvalue weighted by atomic mass is 10.3. The van der Waals surface area contributed by atoms with Crippen LogP contribution < -0.4 is 0 Å². The molecule has 0 amide bonds. The van der Waals surface area contributed by atoms with Gasteiger partial charge in [-0.05, 0) is 6.92 Å². The first-order valence-electron chi connectivity index (χ1n) is 2.11. The molecular weight excluding hydrogens is 140 g/mol. The van der Waals surface area contributed by atoms with Crippen molar-refractivity contribution in [1.82, 2.24) is 0 Å². The zero-order valence-corrected chi connectivity index (χ0v) is 4.50. The lowest BCUT2D eigenvalue weighted by molar-refractivity contribution is -0.175. The minimum atomic E-state index is -5.03. The van der Waals surface area contributed by atoms with E-state index < -0.39 is 18.1 Å². The highest BCUT2D eigenvalue weighted by atomic mass is 19.4. The van der Waals surface area contributed by atoms with Gasteiger partial charge in [-0.15, -0.1) is 0 Å². The van der Waals surface area contributed by atoms with Crippen LogP contribution in [-0.2, 0) is 4.79 Å². The summed E-state index contributed by atoms with van der Waals surface area (Å²) in [5, 5.41) is 0. The van der Waals surface area contributed by atoms with E-state index in [-0.39, 0.29) is 0 Å². The van der Waals surface area contributed by atoms with E-state index in [1.807, 2.05) is 0 Å². The van der Waals surface area contributed by atoms with Crippen LogP contribution in [0.4, 0.5) is 17.6 Å². The smallest absolute Gasteiger partial charge is 0.286 e. The number of rotatable bonds is 1. The Hall–Kier alpha value is -0.610. The van der Waals surface area contributed by atoms with Crippen LogP contribution >= 0.6 is 0 Å². The molecule has 0 rings (SSSR count). The molecule has 0 aromatic heterocycles. The summed E-state index contributed by atoms with van der Waals surface area (Å²) in [7, 11) is 0. The number of Topliss-reactive ketones (excluding diaryl/α,β-unsaturated/α-hetero) is 1. The summed E-state index contributed by atoms with van der Waals surface area (Å²) in [6.07, 6.45) is -7.49. The van der Waals surface area contributed by atoms with Crippen LogP contribution in [-0.4, -0.2) is 18.1 Å². The Morgan fingerprint density at radius 3 is 1.78 bits per heavy atom. The minimum Gasteiger partial charge on any atom is -0.286 e. The maximum Gasteiger partial charge on any atom is 0.453 e. The summed E-state index contributed by atoms with van der Waals surface area (Å²) in [4.78, 5) is 9.66. The second kappa shape index (κ2) is 2.33. The Morgan fingerprint density at radius 1 is 1.44 bits per heavy atom. The van der Waals surface area contributed by atoms with Crippen LogP contribution in [0, 0.1) is 0 Å². The van der Waals surface area contributed by atoms with Gasteiger partial charge in [0.15, 0.2) is 6.17 Å². The van der Waals surface area contributed by atoms with E-state index in [4.69, 9.17) is 0 Å². The SMILES string of the molecule is CC(F)C(=O)C(F)(F)F. The van der Waals surface area contributed by atoms with E-state index in [0.717, 1.165) is 0 Å². The van der Waals surface area contributed by atoms with Crippen molar-refractivity contribution in [2.75, 3.05) is 0 Å². The molecule has 0 aromatic carbocycles. The number of ketones is 1. The molecule has 1 unspecified atom stereocenters. The van der Waals surface area contributed by atoms with Crippen LogP contribution in [0.2, 0.25) is 0 Å². The highest BCUT2D eigenvalue weighted by Crippen LogP contribution is 2.18. The average molecular weight is 144 g/mol. The first-order valence-corrected chi connectivity index (χ1v) is 2.11. The Labute approximate surface area is 48.7 Å². The Balaban J connectivity index is 4.06. The minimum absolute atomic E-state index is 0.551. The van der Waals surface area contributed by atoms with Crippen molar-refractivity contribution in [2.24, 2.45) is 0 Å². The van der Waals surface area contributed by atoms with Gasteiger partial charge >= 0.3 is 6.18 Å². The van der Waals surface area contributed by atoms with Crippen LogP contribution in [0.1, 0.15) is 6.92 Å². The number of carbonyl (C=O) groups is 1. The molecule has 1 atom stereocenters. The molecule has 0 radical (unpaired) electrons. The van der Waals surface area contributed by atoms with Crippen molar-refractivity contribution in [3.63, 3.8) is 0 Å². The summed E-state index contributed by atoms with van der Waals surface area (Å²) in [6, 6.07) is 0. The number of hydrogen-bond donors (Lipinski definition) is 0. The van der Waals surface area contributed by atoms with Crippen molar-refractivity contribution in [3.05, 3.63) is 0 Å². The molecule has 0 saturated heterocycles. The molecule has 0 N–H and O–H groups in total. The summed E-state index contributed by atoms with van der Waals surface area (Å²) in [5.74, 6) is -2.33. The van der Waals surface area contributed by atoms with Gasteiger partial charge in [0.25, 0.3) is 5.78 Å². The Morgan fingerprint density at radius 2 is 1.78 bits per heavy atom. The highest BCUT2D eigenvalue weighted by Gasteiger charge is 2.41. The monoisotopic (exact) mass is 144 g/mol. The van der Waals surface area contributed by atoms with Gasteiger partial charge in [-0.3, -0.25) is 4.79 Å². The number of carbonyl (C=O) groups excluding carboxylic acids is 1. The molecule has 0 aromatic rings. The molecule has 9 heavy (non-hydrogen) atoms. The molecule has 0 bridgehead atoms. The normalized spacial score (nSPS) is 15.2. The molecule has 0 saturated carbocycles. The molecule has 0 spiro atoms. The molecule has 0 aliphatic heterocycles. The highest BCUT2D eigenvalue weighted by molar-refractivity contribution is 5.87. The lowest BCUT2D eigenvalue weighted by Crippen LogP contribution is -2.29.